The molecule has 0 spiro atoms. The number of aliphatic hydroxyl groups is 1. The number of nitrogens with zero attached hydrogens (tertiary/aromatic N) is 2. The van der Waals surface area contributed by atoms with E-state index in [4.69, 9.17) is 28.2 Å². The van der Waals surface area contributed by atoms with Crippen LogP contribution in [0.5, 0.6) is 0 Å². The molecule has 5 nitrogen and oxygen atoms in total. The van der Waals surface area contributed by atoms with Crippen LogP contribution in [0.2, 0.25) is 10.0 Å². The van der Waals surface area contributed by atoms with Gasteiger partial charge < -0.3 is 5.11 Å². The first-order chi connectivity index (χ1) is 16.4. The summed E-state index contributed by atoms with van der Waals surface area (Å²) < 4.78 is 26.6. The van der Waals surface area contributed by atoms with Crippen LogP contribution in [-0.4, -0.2) is 28.8 Å². The fourth-order valence-corrected chi connectivity index (χ4v) is 5.43. The van der Waals surface area contributed by atoms with Gasteiger partial charge in [-0.25, -0.2) is 13.4 Å². The average Bonchev–Trinajstić information content (AvgIpc) is 3.24. The van der Waals surface area contributed by atoms with Crippen LogP contribution in [0, 0.1) is 6.92 Å². The van der Waals surface area contributed by atoms with Crippen LogP contribution in [0.3, 0.4) is 0 Å². The van der Waals surface area contributed by atoms with Crippen LogP contribution in [0.1, 0.15) is 32.0 Å². The highest BCUT2D eigenvalue weighted by Gasteiger charge is 2.25. The second-order valence-electron chi connectivity index (χ2n) is 8.91. The molecule has 0 saturated heterocycles. The van der Waals surface area contributed by atoms with Gasteiger partial charge in [0.15, 0.2) is 9.84 Å². The predicted molar refractivity (Wildman–Crippen MR) is 142 cm³/mol. The minimum absolute atomic E-state index is 0.0319. The summed E-state index contributed by atoms with van der Waals surface area (Å²) in [5, 5.41) is 11.6. The Bertz CT molecular complexity index is 1500. The van der Waals surface area contributed by atoms with Crippen molar-refractivity contribution in [2.45, 2.75) is 38.2 Å². The summed E-state index contributed by atoms with van der Waals surface area (Å²) >= 11 is 13.3. The van der Waals surface area contributed by atoms with Crippen molar-refractivity contribution < 1.29 is 13.5 Å². The minimum Gasteiger partial charge on any atom is -0.384 e. The highest BCUT2D eigenvalue weighted by molar-refractivity contribution is 7.91. The molecule has 8 heteroatoms. The third-order valence-corrected chi connectivity index (χ3v) is 8.20. The van der Waals surface area contributed by atoms with E-state index in [2.05, 4.69) is 0 Å². The van der Waals surface area contributed by atoms with Gasteiger partial charge in [-0.15, -0.1) is 0 Å². The number of benzene rings is 3. The number of sulfone groups is 1. The molecule has 182 valence electrons. The molecule has 0 aliphatic carbocycles. The third kappa shape index (κ3) is 5.02. The number of halogens is 2. The lowest BCUT2D eigenvalue weighted by molar-refractivity contribution is 0.0743. The van der Waals surface area contributed by atoms with E-state index in [-0.39, 0.29) is 10.6 Å². The zero-order chi connectivity index (χ0) is 25.5. The van der Waals surface area contributed by atoms with E-state index in [1.165, 1.54) is 0 Å². The van der Waals surface area contributed by atoms with Gasteiger partial charge in [0.05, 0.1) is 32.1 Å². The first-order valence-electron chi connectivity index (χ1n) is 11.1. The van der Waals surface area contributed by atoms with E-state index in [9.17, 15) is 13.5 Å². The number of imidazole rings is 1. The molecule has 35 heavy (non-hydrogen) atoms. The smallest absolute Gasteiger partial charge is 0.178 e. The maximum absolute atomic E-state index is 12.4. The van der Waals surface area contributed by atoms with Gasteiger partial charge in [0, 0.05) is 11.8 Å². The van der Waals surface area contributed by atoms with Crippen LogP contribution < -0.4 is 0 Å². The quantitative estimate of drug-likeness (QED) is 0.297. The van der Waals surface area contributed by atoms with Crippen molar-refractivity contribution >= 4 is 33.0 Å². The summed E-state index contributed by atoms with van der Waals surface area (Å²) in [5.41, 5.74) is 3.12. The summed E-state index contributed by atoms with van der Waals surface area (Å²) in [6, 6.07) is 18.0. The molecule has 0 unspecified atom stereocenters. The Morgan fingerprint density at radius 3 is 2.31 bits per heavy atom. The molecule has 0 radical (unpaired) electrons. The van der Waals surface area contributed by atoms with Crippen LogP contribution in [0.25, 0.3) is 28.2 Å². The van der Waals surface area contributed by atoms with Gasteiger partial charge in [-0.1, -0.05) is 54.4 Å². The van der Waals surface area contributed by atoms with E-state index in [0.29, 0.717) is 32.8 Å². The Kier molecular flexibility index (Phi) is 6.86. The van der Waals surface area contributed by atoms with E-state index < -0.39 is 15.4 Å². The number of aromatic nitrogens is 2. The van der Waals surface area contributed by atoms with Crippen LogP contribution in [0.15, 0.2) is 71.8 Å². The Balaban J connectivity index is 1.90. The molecule has 0 aliphatic rings. The fourth-order valence-electron chi connectivity index (χ4n) is 3.92. The largest absolute Gasteiger partial charge is 0.384 e. The molecule has 3 aromatic carbocycles. The zero-order valence-corrected chi connectivity index (χ0v) is 22.2. The first-order valence-corrected chi connectivity index (χ1v) is 13.5. The minimum atomic E-state index is -3.33. The Morgan fingerprint density at radius 1 is 0.971 bits per heavy atom. The summed E-state index contributed by atoms with van der Waals surface area (Å²) in [5.74, 6) is 0.589. The lowest BCUT2D eigenvalue weighted by Gasteiger charge is -2.16. The van der Waals surface area contributed by atoms with E-state index >= 15 is 0 Å². The molecule has 0 atom stereocenters. The van der Waals surface area contributed by atoms with Gasteiger partial charge in [-0.3, -0.25) is 4.57 Å². The number of aryl methyl sites for hydroxylation is 1. The Hall–Kier alpha value is -2.64. The summed E-state index contributed by atoms with van der Waals surface area (Å²) in [4.78, 5) is 4.98. The van der Waals surface area contributed by atoms with Crippen LogP contribution in [-0.2, 0) is 15.4 Å². The standard InChI is InChI=1S/C27H26Cl2N2O3S/c1-5-35(33,34)20-10-8-9-18(14-20)19-13-17(2)25(23(29)15-19)31-16-24(27(3,4)32)30-26(31)21-11-6-7-12-22(21)28/h6-16,32H,5H2,1-4H3. The number of rotatable bonds is 6. The molecule has 1 N–H and O–H groups in total. The fraction of sp³-hybridized carbons (Fsp3) is 0.222. The molecular formula is C27H26Cl2N2O3S. The second-order valence-corrected chi connectivity index (χ2v) is 12.0. The van der Waals surface area contributed by atoms with E-state index in [0.717, 1.165) is 16.7 Å². The van der Waals surface area contributed by atoms with Gasteiger partial charge in [-0.05, 0) is 73.9 Å². The van der Waals surface area contributed by atoms with Crippen molar-refractivity contribution in [3.05, 3.63) is 88.2 Å². The second kappa shape index (κ2) is 9.43. The maximum Gasteiger partial charge on any atom is 0.178 e. The molecule has 0 bridgehead atoms. The van der Waals surface area contributed by atoms with Gasteiger partial charge in [0.2, 0.25) is 0 Å². The van der Waals surface area contributed by atoms with E-state index in [1.807, 2.05) is 47.9 Å². The normalized spacial score (nSPS) is 12.2. The highest BCUT2D eigenvalue weighted by Crippen LogP contribution is 2.37. The maximum atomic E-state index is 12.4. The molecule has 1 aromatic heterocycles. The van der Waals surface area contributed by atoms with Crippen molar-refractivity contribution in [2.24, 2.45) is 0 Å². The highest BCUT2D eigenvalue weighted by atomic mass is 35.5. The Morgan fingerprint density at radius 2 is 1.69 bits per heavy atom. The number of hydrogen-bond donors (Lipinski definition) is 1. The molecule has 0 saturated carbocycles. The van der Waals surface area contributed by atoms with Crippen molar-refractivity contribution in [3.63, 3.8) is 0 Å². The summed E-state index contributed by atoms with van der Waals surface area (Å²) in [6.07, 6.45) is 1.76. The van der Waals surface area contributed by atoms with Crippen molar-refractivity contribution in [2.75, 3.05) is 5.75 Å². The topological polar surface area (TPSA) is 72.2 Å². The lowest BCUT2D eigenvalue weighted by Crippen LogP contribution is -2.15. The first kappa shape index (κ1) is 25.5. The van der Waals surface area contributed by atoms with Crippen molar-refractivity contribution in [3.8, 4) is 28.2 Å². The molecule has 4 aromatic rings. The number of hydrogen-bond acceptors (Lipinski definition) is 4. The van der Waals surface area contributed by atoms with Gasteiger partial charge in [0.1, 0.15) is 11.4 Å². The van der Waals surface area contributed by atoms with Crippen molar-refractivity contribution in [1.29, 1.82) is 0 Å². The van der Waals surface area contributed by atoms with Crippen LogP contribution in [0.4, 0.5) is 0 Å². The third-order valence-electron chi connectivity index (χ3n) is 5.85. The van der Waals surface area contributed by atoms with Crippen molar-refractivity contribution in [1.82, 2.24) is 9.55 Å². The lowest BCUT2D eigenvalue weighted by atomic mass is 10.0. The zero-order valence-electron chi connectivity index (χ0n) is 19.9. The SMILES string of the molecule is CCS(=O)(=O)c1cccc(-c2cc(C)c(-n3cc(C(C)(C)O)nc3-c3ccccc3Cl)c(Cl)c2)c1. The molecular weight excluding hydrogens is 503 g/mol. The molecule has 0 amide bonds. The summed E-state index contributed by atoms with van der Waals surface area (Å²) in [7, 11) is -3.33. The van der Waals surface area contributed by atoms with Gasteiger partial charge >= 0.3 is 0 Å². The molecule has 1 heterocycles. The molecule has 4 rings (SSSR count). The molecule has 0 aliphatic heterocycles. The van der Waals surface area contributed by atoms with Crippen LogP contribution >= 0.6 is 23.2 Å². The van der Waals surface area contributed by atoms with Gasteiger partial charge in [-0.2, -0.15) is 0 Å². The molecule has 0 fully saturated rings. The summed E-state index contributed by atoms with van der Waals surface area (Å²) in [6.45, 7) is 6.90. The Labute approximate surface area is 215 Å². The monoisotopic (exact) mass is 528 g/mol. The van der Waals surface area contributed by atoms with E-state index in [1.54, 1.807) is 51.2 Å². The van der Waals surface area contributed by atoms with Gasteiger partial charge in [0.25, 0.3) is 0 Å². The predicted octanol–water partition coefficient (Wildman–Crippen LogP) is 6.84. The average molecular weight is 529 g/mol.